The normalized spacial score (nSPS) is 20.1. The topological polar surface area (TPSA) is 90.1 Å². The van der Waals surface area contributed by atoms with Gasteiger partial charge in [-0.1, -0.05) is 38.4 Å². The molecule has 2 aromatic heterocycles. The Morgan fingerprint density at radius 1 is 1.11 bits per heavy atom. The average Bonchev–Trinajstić information content (AvgIpc) is 3.47. The Morgan fingerprint density at radius 3 is 2.57 bits per heavy atom. The van der Waals surface area contributed by atoms with Crippen LogP contribution in [-0.4, -0.2) is 60.4 Å². The summed E-state index contributed by atoms with van der Waals surface area (Å²) in [5, 5.41) is 7.87. The van der Waals surface area contributed by atoms with Crippen LogP contribution in [0.25, 0.3) is 10.9 Å². The van der Waals surface area contributed by atoms with Gasteiger partial charge in [0, 0.05) is 52.9 Å². The summed E-state index contributed by atoms with van der Waals surface area (Å²) in [4.78, 5) is 37.6. The lowest BCUT2D eigenvalue weighted by atomic mass is 9.90. The molecule has 3 aromatic rings. The summed E-state index contributed by atoms with van der Waals surface area (Å²) in [7, 11) is 0.630. The Balaban J connectivity index is 1.26. The van der Waals surface area contributed by atoms with Crippen molar-refractivity contribution in [2.24, 2.45) is 0 Å². The summed E-state index contributed by atoms with van der Waals surface area (Å²) in [6.07, 6.45) is 4.63. The van der Waals surface area contributed by atoms with Crippen LogP contribution in [0.1, 0.15) is 62.1 Å². The zero-order valence-electron chi connectivity index (χ0n) is 22.0. The predicted molar refractivity (Wildman–Crippen MR) is 152 cm³/mol. The average molecular weight is 534 g/mol. The lowest BCUT2D eigenvalue weighted by Gasteiger charge is -2.32. The number of benzene rings is 1. The zero-order chi connectivity index (χ0) is 26.2. The minimum atomic E-state index is -1.46. The third-order valence-electron chi connectivity index (χ3n) is 6.96. The molecule has 1 saturated carbocycles. The number of aromatic amines is 1. The number of hydrogen-bond acceptors (Lipinski definition) is 5. The van der Waals surface area contributed by atoms with Crippen LogP contribution in [0.4, 0.5) is 0 Å². The van der Waals surface area contributed by atoms with E-state index in [2.05, 4.69) is 63.7 Å². The molecule has 0 bridgehead atoms. The number of amides is 2. The molecule has 3 heterocycles. The van der Waals surface area contributed by atoms with Gasteiger partial charge in [-0.3, -0.25) is 9.59 Å². The minimum Gasteiger partial charge on any atom is -0.351 e. The molecule has 1 aliphatic heterocycles. The molecule has 2 amide bonds. The van der Waals surface area contributed by atoms with Gasteiger partial charge in [0.2, 0.25) is 0 Å². The van der Waals surface area contributed by atoms with Crippen molar-refractivity contribution in [3.8, 4) is 11.5 Å². The zero-order valence-corrected chi connectivity index (χ0v) is 23.8. The molecule has 1 fully saturated rings. The Morgan fingerprint density at radius 2 is 1.84 bits per heavy atom. The molecule has 5 rings (SSSR count). The summed E-state index contributed by atoms with van der Waals surface area (Å²) in [6.45, 7) is 8.48. The van der Waals surface area contributed by atoms with E-state index in [0.717, 1.165) is 67.4 Å². The van der Waals surface area contributed by atoms with E-state index >= 15 is 0 Å². The number of carbonyl (C=O) groups is 2. The van der Waals surface area contributed by atoms with E-state index in [9.17, 15) is 9.59 Å². The van der Waals surface area contributed by atoms with Gasteiger partial charge in [-0.15, -0.1) is 16.9 Å². The van der Waals surface area contributed by atoms with Gasteiger partial charge < -0.3 is 20.5 Å². The number of aromatic nitrogens is 2. The van der Waals surface area contributed by atoms with E-state index < -0.39 is 8.07 Å². The van der Waals surface area contributed by atoms with Crippen molar-refractivity contribution in [1.29, 1.82) is 0 Å². The molecular weight excluding hydrogens is 498 g/mol. The molecular formula is C28H35N5O2SSi. The van der Waals surface area contributed by atoms with E-state index in [0.29, 0.717) is 10.7 Å². The first-order valence-electron chi connectivity index (χ1n) is 13.1. The number of nitrogens with one attached hydrogen (secondary N) is 3. The fourth-order valence-electron chi connectivity index (χ4n) is 4.97. The van der Waals surface area contributed by atoms with Crippen LogP contribution in [0.2, 0.25) is 19.6 Å². The quantitative estimate of drug-likeness (QED) is 0.344. The first-order chi connectivity index (χ1) is 17.6. The number of fused-ring (bicyclic) bond motifs is 2. The molecule has 194 valence electrons. The molecule has 0 radical (unpaired) electrons. The SMILES string of the molecule is CN1CCc2nc(C(=O)N[C@H]3CCCC[C@H]3NC(=O)c3cc4cc(C#C[Si](C)(C)C)ccc4[nH]3)sc2C1. The van der Waals surface area contributed by atoms with Gasteiger partial charge in [0.1, 0.15) is 13.8 Å². The van der Waals surface area contributed by atoms with Crippen LogP contribution in [0.5, 0.6) is 0 Å². The Bertz CT molecular complexity index is 1390. The Hall–Kier alpha value is -2.93. The molecule has 1 aliphatic carbocycles. The molecule has 3 N–H and O–H groups in total. The van der Waals surface area contributed by atoms with Crippen LogP contribution in [0.3, 0.4) is 0 Å². The van der Waals surface area contributed by atoms with Crippen LogP contribution in [0, 0.1) is 11.5 Å². The summed E-state index contributed by atoms with van der Waals surface area (Å²) in [6, 6.07) is 7.67. The van der Waals surface area contributed by atoms with Crippen LogP contribution >= 0.6 is 11.3 Å². The predicted octanol–water partition coefficient (Wildman–Crippen LogP) is 4.31. The Labute approximate surface area is 223 Å². The van der Waals surface area contributed by atoms with Crippen LogP contribution < -0.4 is 10.6 Å². The largest absolute Gasteiger partial charge is 0.351 e. The van der Waals surface area contributed by atoms with E-state index in [1.807, 2.05) is 24.3 Å². The second-order valence-electron chi connectivity index (χ2n) is 11.3. The number of nitrogens with zero attached hydrogens (tertiary/aromatic N) is 2. The van der Waals surface area contributed by atoms with Gasteiger partial charge in [0.15, 0.2) is 5.01 Å². The number of likely N-dealkylation sites (N-methyl/N-ethyl adjacent to an activating group) is 1. The van der Waals surface area contributed by atoms with Crippen molar-refractivity contribution in [2.75, 3.05) is 13.6 Å². The highest BCUT2D eigenvalue weighted by Gasteiger charge is 2.30. The van der Waals surface area contributed by atoms with Crippen LogP contribution in [0.15, 0.2) is 24.3 Å². The fraction of sp³-hybridized carbons (Fsp3) is 0.464. The molecule has 2 atom stereocenters. The van der Waals surface area contributed by atoms with Crippen molar-refractivity contribution >= 4 is 42.1 Å². The summed E-state index contributed by atoms with van der Waals surface area (Å²) >= 11 is 1.49. The highest BCUT2D eigenvalue weighted by molar-refractivity contribution is 7.13. The highest BCUT2D eigenvalue weighted by Crippen LogP contribution is 2.26. The smallest absolute Gasteiger partial charge is 0.280 e. The van der Waals surface area contributed by atoms with Crippen molar-refractivity contribution in [1.82, 2.24) is 25.5 Å². The monoisotopic (exact) mass is 533 g/mol. The molecule has 9 heteroatoms. The van der Waals surface area contributed by atoms with Crippen molar-refractivity contribution in [3.05, 3.63) is 51.1 Å². The number of rotatable bonds is 4. The van der Waals surface area contributed by atoms with Gasteiger partial charge in [-0.25, -0.2) is 4.98 Å². The van der Waals surface area contributed by atoms with Gasteiger partial charge in [0.25, 0.3) is 11.8 Å². The lowest BCUT2D eigenvalue weighted by Crippen LogP contribution is -2.53. The summed E-state index contributed by atoms with van der Waals surface area (Å²) in [5.41, 5.74) is 6.85. The van der Waals surface area contributed by atoms with E-state index in [1.165, 1.54) is 16.2 Å². The van der Waals surface area contributed by atoms with Gasteiger partial charge in [-0.05, 0) is 44.2 Å². The van der Waals surface area contributed by atoms with E-state index in [4.69, 9.17) is 0 Å². The summed E-state index contributed by atoms with van der Waals surface area (Å²) in [5.74, 6) is 3.00. The molecule has 0 spiro atoms. The third-order valence-corrected chi connectivity index (χ3v) is 8.92. The minimum absolute atomic E-state index is 0.110. The molecule has 0 unspecified atom stereocenters. The fourth-order valence-corrected chi connectivity index (χ4v) is 6.58. The maximum atomic E-state index is 13.2. The third kappa shape index (κ3) is 6.14. The number of thiazole rings is 1. The van der Waals surface area contributed by atoms with Crippen molar-refractivity contribution in [3.63, 3.8) is 0 Å². The first-order valence-corrected chi connectivity index (χ1v) is 17.4. The van der Waals surface area contributed by atoms with E-state index in [1.54, 1.807) is 0 Å². The lowest BCUT2D eigenvalue weighted by molar-refractivity contribution is 0.0860. The Kier molecular flexibility index (Phi) is 7.25. The first kappa shape index (κ1) is 25.7. The second kappa shape index (κ2) is 10.4. The van der Waals surface area contributed by atoms with Crippen LogP contribution in [-0.2, 0) is 13.0 Å². The molecule has 7 nitrogen and oxygen atoms in total. The maximum Gasteiger partial charge on any atom is 0.280 e. The van der Waals surface area contributed by atoms with E-state index in [-0.39, 0.29) is 23.9 Å². The van der Waals surface area contributed by atoms with Gasteiger partial charge in [0.05, 0.1) is 5.69 Å². The molecule has 2 aliphatic rings. The molecule has 0 saturated heterocycles. The molecule has 37 heavy (non-hydrogen) atoms. The van der Waals surface area contributed by atoms with Gasteiger partial charge >= 0.3 is 0 Å². The molecule has 1 aromatic carbocycles. The number of H-pyrrole nitrogens is 1. The van der Waals surface area contributed by atoms with Crippen molar-refractivity contribution < 1.29 is 9.59 Å². The maximum absolute atomic E-state index is 13.2. The highest BCUT2D eigenvalue weighted by atomic mass is 32.1. The van der Waals surface area contributed by atoms with Gasteiger partial charge in [-0.2, -0.15) is 0 Å². The number of carbonyl (C=O) groups excluding carboxylic acids is 2. The standard InChI is InChI=1S/C28H35N5O2SSi/c1-33-13-11-23-25(17-33)36-28(32-23)27(35)31-22-8-6-5-7-21(22)30-26(34)24-16-19-15-18(9-10-20(19)29-24)12-14-37(2,3)4/h9-10,15-16,21-22,29H,5-8,11,13,17H2,1-4H3,(H,30,34)(H,31,35)/t21-,22+/m1/s1. The number of hydrogen-bond donors (Lipinski definition) is 3. The van der Waals surface area contributed by atoms with Crippen molar-refractivity contribution in [2.45, 2.75) is 70.4 Å². The second-order valence-corrected chi connectivity index (χ2v) is 17.1. The summed E-state index contributed by atoms with van der Waals surface area (Å²) < 4.78 is 0.